The van der Waals surface area contributed by atoms with Gasteiger partial charge in [0.15, 0.2) is 5.78 Å². The summed E-state index contributed by atoms with van der Waals surface area (Å²) in [5.74, 6) is 0.350. The van der Waals surface area contributed by atoms with E-state index in [4.69, 9.17) is 11.6 Å². The second kappa shape index (κ2) is 4.71. The minimum absolute atomic E-state index is 0.121. The van der Waals surface area contributed by atoms with E-state index < -0.39 is 0 Å². The molecule has 1 aliphatic rings. The largest absolute Gasteiger partial charge is 0.294 e. The van der Waals surface area contributed by atoms with Crippen molar-refractivity contribution in [3.63, 3.8) is 0 Å². The van der Waals surface area contributed by atoms with E-state index in [0.29, 0.717) is 11.4 Å². The lowest BCUT2D eigenvalue weighted by Crippen LogP contribution is -1.96. The van der Waals surface area contributed by atoms with E-state index >= 15 is 0 Å². The van der Waals surface area contributed by atoms with E-state index in [0.717, 1.165) is 27.5 Å². The molecule has 0 radical (unpaired) electrons. The predicted octanol–water partition coefficient (Wildman–Crippen LogP) is 5.21. The first-order valence-electron chi connectivity index (χ1n) is 7.04. The fourth-order valence-electron chi connectivity index (χ4n) is 3.31. The number of benzene rings is 3. The van der Waals surface area contributed by atoms with Gasteiger partial charge < -0.3 is 0 Å². The smallest absolute Gasteiger partial charge is 0.164 e. The van der Waals surface area contributed by atoms with E-state index in [1.807, 2.05) is 42.5 Å². The topological polar surface area (TPSA) is 17.1 Å². The van der Waals surface area contributed by atoms with Gasteiger partial charge in [-0.1, -0.05) is 60.1 Å². The summed E-state index contributed by atoms with van der Waals surface area (Å²) >= 11 is 6.10. The first-order chi connectivity index (χ1) is 10.2. The molecule has 2 heteroatoms. The average Bonchev–Trinajstić information content (AvgIpc) is 2.85. The van der Waals surface area contributed by atoms with Crippen molar-refractivity contribution in [3.8, 4) is 0 Å². The number of fused-ring (bicyclic) bond motifs is 3. The van der Waals surface area contributed by atoms with Crippen molar-refractivity contribution in [1.29, 1.82) is 0 Å². The van der Waals surface area contributed by atoms with Gasteiger partial charge in [-0.15, -0.1) is 0 Å². The summed E-state index contributed by atoms with van der Waals surface area (Å²) in [6.07, 6.45) is 0.531. The molecule has 1 aliphatic carbocycles. The molecule has 0 aliphatic heterocycles. The number of carbonyl (C=O) groups excluding carboxylic acids is 1. The molecule has 3 aromatic rings. The fourth-order valence-corrected chi connectivity index (χ4v) is 3.51. The third kappa shape index (κ3) is 1.97. The van der Waals surface area contributed by atoms with Gasteiger partial charge in [0.05, 0.1) is 0 Å². The van der Waals surface area contributed by atoms with E-state index in [2.05, 4.69) is 18.2 Å². The molecule has 0 heterocycles. The van der Waals surface area contributed by atoms with E-state index in [9.17, 15) is 4.79 Å². The van der Waals surface area contributed by atoms with Crippen LogP contribution < -0.4 is 0 Å². The van der Waals surface area contributed by atoms with Crippen molar-refractivity contribution < 1.29 is 4.79 Å². The molecule has 4 rings (SSSR count). The van der Waals surface area contributed by atoms with Gasteiger partial charge in [-0.3, -0.25) is 4.79 Å². The summed E-state index contributed by atoms with van der Waals surface area (Å²) in [5, 5.41) is 2.90. The van der Waals surface area contributed by atoms with Crippen LogP contribution in [0.25, 0.3) is 10.8 Å². The number of ketones is 1. The Hall–Kier alpha value is -2.12. The standard InChI is InChI=1S/C19H13ClO/c20-14-6-3-5-13(10-14)17-11-18(21)19-15-7-2-1-4-12(15)8-9-16(17)19/h1-10,17H,11H2. The molecule has 21 heavy (non-hydrogen) atoms. The number of rotatable bonds is 1. The van der Waals surface area contributed by atoms with E-state index in [1.165, 1.54) is 0 Å². The van der Waals surface area contributed by atoms with E-state index in [1.54, 1.807) is 0 Å². The van der Waals surface area contributed by atoms with Crippen LogP contribution in [0.15, 0.2) is 60.7 Å². The Morgan fingerprint density at radius 1 is 0.952 bits per heavy atom. The van der Waals surface area contributed by atoms with E-state index in [-0.39, 0.29) is 11.7 Å². The maximum Gasteiger partial charge on any atom is 0.164 e. The van der Waals surface area contributed by atoms with Crippen molar-refractivity contribution in [2.45, 2.75) is 12.3 Å². The zero-order valence-electron chi connectivity index (χ0n) is 11.3. The second-order valence-electron chi connectivity index (χ2n) is 5.49. The maximum absolute atomic E-state index is 12.5. The quantitative estimate of drug-likeness (QED) is 0.601. The summed E-state index contributed by atoms with van der Waals surface area (Å²) in [5.41, 5.74) is 3.13. The number of halogens is 1. The Kier molecular flexibility index (Phi) is 2.83. The number of hydrogen-bond donors (Lipinski definition) is 0. The summed E-state index contributed by atoms with van der Waals surface area (Å²) in [7, 11) is 0. The lowest BCUT2D eigenvalue weighted by Gasteiger charge is -2.12. The molecule has 0 bridgehead atoms. The Morgan fingerprint density at radius 2 is 1.81 bits per heavy atom. The molecule has 3 aromatic carbocycles. The van der Waals surface area contributed by atoms with Crippen LogP contribution in [0.1, 0.15) is 33.8 Å². The van der Waals surface area contributed by atoms with Gasteiger partial charge in [-0.25, -0.2) is 0 Å². The van der Waals surface area contributed by atoms with Gasteiger partial charge in [0.2, 0.25) is 0 Å². The van der Waals surface area contributed by atoms with Crippen LogP contribution in [0.5, 0.6) is 0 Å². The predicted molar refractivity (Wildman–Crippen MR) is 86.2 cm³/mol. The Labute approximate surface area is 128 Å². The normalized spacial score (nSPS) is 17.2. The summed E-state index contributed by atoms with van der Waals surface area (Å²) in [6.45, 7) is 0. The average molecular weight is 293 g/mol. The number of hydrogen-bond acceptors (Lipinski definition) is 1. The molecular formula is C19H13ClO. The monoisotopic (exact) mass is 292 g/mol. The van der Waals surface area contributed by atoms with Crippen molar-refractivity contribution in [1.82, 2.24) is 0 Å². The van der Waals surface area contributed by atoms with Gasteiger partial charge >= 0.3 is 0 Å². The van der Waals surface area contributed by atoms with Crippen molar-refractivity contribution in [2.24, 2.45) is 0 Å². The van der Waals surface area contributed by atoms with Crippen molar-refractivity contribution in [2.75, 3.05) is 0 Å². The Morgan fingerprint density at radius 3 is 2.67 bits per heavy atom. The number of Topliss-reactive ketones (excluding diaryl/α,β-unsaturated/α-hetero) is 1. The zero-order chi connectivity index (χ0) is 14.4. The molecule has 0 fully saturated rings. The SMILES string of the molecule is O=C1CC(c2cccc(Cl)c2)c2ccc3ccccc3c21. The zero-order valence-corrected chi connectivity index (χ0v) is 12.1. The minimum Gasteiger partial charge on any atom is -0.294 e. The highest BCUT2D eigenvalue weighted by atomic mass is 35.5. The van der Waals surface area contributed by atoms with Crippen LogP contribution in [-0.4, -0.2) is 5.78 Å². The lowest BCUT2D eigenvalue weighted by molar-refractivity contribution is 0.0993. The van der Waals surface area contributed by atoms with Gasteiger partial charge in [0, 0.05) is 22.9 Å². The molecule has 1 unspecified atom stereocenters. The van der Waals surface area contributed by atoms with Crippen LogP contribution in [0.4, 0.5) is 0 Å². The van der Waals surface area contributed by atoms with Gasteiger partial charge in [0.1, 0.15) is 0 Å². The molecular weight excluding hydrogens is 280 g/mol. The maximum atomic E-state index is 12.5. The number of carbonyl (C=O) groups is 1. The molecule has 0 saturated carbocycles. The summed E-state index contributed by atoms with van der Waals surface area (Å²) in [6, 6.07) is 20.1. The van der Waals surface area contributed by atoms with Crippen LogP contribution in [0, 0.1) is 0 Å². The third-order valence-electron chi connectivity index (χ3n) is 4.26. The Balaban J connectivity index is 1.94. The van der Waals surface area contributed by atoms with Gasteiger partial charge in [0.25, 0.3) is 0 Å². The first-order valence-corrected chi connectivity index (χ1v) is 7.42. The molecule has 1 atom stereocenters. The first kappa shape index (κ1) is 12.6. The molecule has 0 aromatic heterocycles. The van der Waals surface area contributed by atoms with Gasteiger partial charge in [-0.2, -0.15) is 0 Å². The molecule has 0 spiro atoms. The summed E-state index contributed by atoms with van der Waals surface area (Å²) in [4.78, 5) is 12.5. The highest BCUT2D eigenvalue weighted by Gasteiger charge is 2.31. The minimum atomic E-state index is 0.121. The molecule has 1 nitrogen and oxygen atoms in total. The fraction of sp³-hybridized carbons (Fsp3) is 0.105. The molecule has 0 amide bonds. The van der Waals surface area contributed by atoms with Crippen molar-refractivity contribution in [3.05, 3.63) is 82.4 Å². The molecule has 0 saturated heterocycles. The van der Waals surface area contributed by atoms with Crippen LogP contribution in [-0.2, 0) is 0 Å². The van der Waals surface area contributed by atoms with Crippen LogP contribution in [0.2, 0.25) is 5.02 Å². The van der Waals surface area contributed by atoms with Crippen LogP contribution in [0.3, 0.4) is 0 Å². The third-order valence-corrected chi connectivity index (χ3v) is 4.49. The van der Waals surface area contributed by atoms with Crippen LogP contribution >= 0.6 is 11.6 Å². The van der Waals surface area contributed by atoms with Crippen molar-refractivity contribution >= 4 is 28.2 Å². The molecule has 102 valence electrons. The lowest BCUT2D eigenvalue weighted by atomic mass is 9.91. The molecule has 0 N–H and O–H groups in total. The summed E-state index contributed by atoms with van der Waals surface area (Å²) < 4.78 is 0. The van der Waals surface area contributed by atoms with Gasteiger partial charge in [-0.05, 0) is 34.0 Å². The highest BCUT2D eigenvalue weighted by Crippen LogP contribution is 2.41. The second-order valence-corrected chi connectivity index (χ2v) is 5.92. The Bertz CT molecular complexity index is 866. The highest BCUT2D eigenvalue weighted by molar-refractivity contribution is 6.30.